The van der Waals surface area contributed by atoms with Crippen LogP contribution < -0.4 is 10.2 Å². The third-order valence-electron chi connectivity index (χ3n) is 3.84. The number of rotatable bonds is 3. The van der Waals surface area contributed by atoms with Crippen molar-refractivity contribution in [2.75, 3.05) is 24.2 Å². The second-order valence-corrected chi connectivity index (χ2v) is 6.65. The molecule has 0 spiro atoms. The van der Waals surface area contributed by atoms with Gasteiger partial charge in [-0.2, -0.15) is 11.8 Å². The van der Waals surface area contributed by atoms with Crippen molar-refractivity contribution in [3.05, 3.63) is 29.3 Å². The average Bonchev–Trinajstić information content (AvgIpc) is 2.34. The molecule has 1 aromatic rings. The number of benzene rings is 1. The first-order valence-electron chi connectivity index (χ1n) is 6.76. The maximum atomic E-state index is 3.21. The molecule has 2 rings (SSSR count). The zero-order chi connectivity index (χ0) is 13.1. The van der Waals surface area contributed by atoms with Crippen LogP contribution in [0.5, 0.6) is 0 Å². The van der Waals surface area contributed by atoms with Crippen molar-refractivity contribution in [2.45, 2.75) is 38.6 Å². The van der Waals surface area contributed by atoms with Gasteiger partial charge in [0.05, 0.1) is 0 Å². The summed E-state index contributed by atoms with van der Waals surface area (Å²) in [4.78, 5) is 2.57. The standard InChI is InChI=1S/C15H24N2S/c1-11-9-14(10-16-4)5-6-15(11)17-7-8-18-13(3)12(17)2/h5-6,9,12-13,16H,7-8,10H2,1-4H3. The molecular formula is C15H24N2S. The highest BCUT2D eigenvalue weighted by atomic mass is 32.2. The van der Waals surface area contributed by atoms with Crippen molar-refractivity contribution < 1.29 is 0 Å². The molecule has 0 bridgehead atoms. The van der Waals surface area contributed by atoms with E-state index in [4.69, 9.17) is 0 Å². The quantitative estimate of drug-likeness (QED) is 0.903. The fourth-order valence-corrected chi connectivity index (χ4v) is 3.73. The second kappa shape index (κ2) is 5.98. The maximum Gasteiger partial charge on any atom is 0.0399 e. The lowest BCUT2D eigenvalue weighted by Crippen LogP contribution is -2.45. The van der Waals surface area contributed by atoms with Gasteiger partial charge in [0, 0.05) is 35.8 Å². The van der Waals surface area contributed by atoms with Crippen LogP contribution >= 0.6 is 11.8 Å². The molecule has 2 atom stereocenters. The minimum Gasteiger partial charge on any atom is -0.367 e. The molecule has 2 unspecified atom stereocenters. The third-order valence-corrected chi connectivity index (χ3v) is 5.17. The second-order valence-electron chi connectivity index (χ2n) is 5.16. The first-order valence-corrected chi connectivity index (χ1v) is 7.80. The Balaban J connectivity index is 2.22. The van der Waals surface area contributed by atoms with Crippen LogP contribution in [0.3, 0.4) is 0 Å². The average molecular weight is 264 g/mol. The van der Waals surface area contributed by atoms with E-state index in [0.717, 1.165) is 11.8 Å². The molecule has 0 saturated carbocycles. The van der Waals surface area contributed by atoms with Gasteiger partial charge in [-0.3, -0.25) is 0 Å². The summed E-state index contributed by atoms with van der Waals surface area (Å²) in [5.74, 6) is 1.24. The van der Waals surface area contributed by atoms with Crippen molar-refractivity contribution >= 4 is 17.4 Å². The number of hydrogen-bond acceptors (Lipinski definition) is 3. The minimum atomic E-state index is 0.623. The van der Waals surface area contributed by atoms with Crippen LogP contribution in [-0.2, 0) is 6.54 Å². The van der Waals surface area contributed by atoms with Crippen molar-refractivity contribution in [1.82, 2.24) is 5.32 Å². The highest BCUT2D eigenvalue weighted by molar-refractivity contribution is 8.00. The van der Waals surface area contributed by atoms with E-state index in [-0.39, 0.29) is 0 Å². The molecular weight excluding hydrogens is 240 g/mol. The van der Waals surface area contributed by atoms with Crippen LogP contribution in [0.1, 0.15) is 25.0 Å². The van der Waals surface area contributed by atoms with Gasteiger partial charge in [0.15, 0.2) is 0 Å². The molecule has 1 saturated heterocycles. The van der Waals surface area contributed by atoms with Gasteiger partial charge in [0.1, 0.15) is 0 Å². The number of hydrogen-bond donors (Lipinski definition) is 1. The number of anilines is 1. The predicted octanol–water partition coefficient (Wildman–Crippen LogP) is 3.04. The summed E-state index contributed by atoms with van der Waals surface area (Å²) in [5.41, 5.74) is 4.18. The van der Waals surface area contributed by atoms with E-state index < -0.39 is 0 Å². The minimum absolute atomic E-state index is 0.623. The Morgan fingerprint density at radius 1 is 1.39 bits per heavy atom. The first kappa shape index (κ1) is 13.8. The molecule has 1 aromatic carbocycles. The SMILES string of the molecule is CNCc1ccc(N2CCSC(C)C2C)c(C)c1. The van der Waals surface area contributed by atoms with Crippen LogP contribution in [-0.4, -0.2) is 30.6 Å². The van der Waals surface area contributed by atoms with Crippen molar-refractivity contribution in [2.24, 2.45) is 0 Å². The van der Waals surface area contributed by atoms with Crippen LogP contribution in [0.4, 0.5) is 5.69 Å². The van der Waals surface area contributed by atoms with Gasteiger partial charge in [-0.25, -0.2) is 0 Å². The summed E-state index contributed by atoms with van der Waals surface area (Å²) in [5, 5.41) is 3.93. The molecule has 1 N–H and O–H groups in total. The summed E-state index contributed by atoms with van der Waals surface area (Å²) >= 11 is 2.09. The Morgan fingerprint density at radius 2 is 2.17 bits per heavy atom. The van der Waals surface area contributed by atoms with E-state index in [1.807, 2.05) is 7.05 Å². The van der Waals surface area contributed by atoms with Crippen LogP contribution in [0.25, 0.3) is 0 Å². The van der Waals surface area contributed by atoms with Gasteiger partial charge in [0.2, 0.25) is 0 Å². The van der Waals surface area contributed by atoms with E-state index >= 15 is 0 Å². The van der Waals surface area contributed by atoms with Crippen LogP contribution in [0.15, 0.2) is 18.2 Å². The van der Waals surface area contributed by atoms with Gasteiger partial charge in [-0.1, -0.05) is 19.1 Å². The summed E-state index contributed by atoms with van der Waals surface area (Å²) < 4.78 is 0. The number of nitrogens with zero attached hydrogens (tertiary/aromatic N) is 1. The Labute approximate surface area is 115 Å². The predicted molar refractivity (Wildman–Crippen MR) is 82.7 cm³/mol. The van der Waals surface area contributed by atoms with Gasteiger partial charge >= 0.3 is 0 Å². The van der Waals surface area contributed by atoms with Gasteiger partial charge in [-0.05, 0) is 38.1 Å². The monoisotopic (exact) mass is 264 g/mol. The molecule has 1 fully saturated rings. The topological polar surface area (TPSA) is 15.3 Å². The molecule has 2 nitrogen and oxygen atoms in total. The highest BCUT2D eigenvalue weighted by Crippen LogP contribution is 2.31. The molecule has 0 aromatic heterocycles. The first-order chi connectivity index (χ1) is 8.63. The fraction of sp³-hybridized carbons (Fsp3) is 0.600. The van der Waals surface area contributed by atoms with Crippen LogP contribution in [0, 0.1) is 6.92 Å². The van der Waals surface area contributed by atoms with Crippen LogP contribution in [0.2, 0.25) is 0 Å². The lowest BCUT2D eigenvalue weighted by atomic mass is 10.1. The fourth-order valence-electron chi connectivity index (χ4n) is 2.63. The summed E-state index contributed by atoms with van der Waals surface area (Å²) in [6.07, 6.45) is 0. The third kappa shape index (κ3) is 2.83. The number of aryl methyl sites for hydroxylation is 1. The van der Waals surface area contributed by atoms with Crippen molar-refractivity contribution in [1.29, 1.82) is 0 Å². The zero-order valence-corrected chi connectivity index (χ0v) is 12.7. The molecule has 3 heteroatoms. The normalized spacial score (nSPS) is 24.3. The lowest BCUT2D eigenvalue weighted by molar-refractivity contribution is 0.626. The number of thioether (sulfide) groups is 1. The van der Waals surface area contributed by atoms with Gasteiger partial charge < -0.3 is 10.2 Å². The highest BCUT2D eigenvalue weighted by Gasteiger charge is 2.26. The maximum absolute atomic E-state index is 3.21. The van der Waals surface area contributed by atoms with E-state index in [2.05, 4.69) is 60.9 Å². The molecule has 1 heterocycles. The van der Waals surface area contributed by atoms with E-state index in [1.54, 1.807) is 0 Å². The van der Waals surface area contributed by atoms with Crippen molar-refractivity contribution in [3.8, 4) is 0 Å². The smallest absolute Gasteiger partial charge is 0.0399 e. The summed E-state index contributed by atoms with van der Waals surface area (Å²) in [6, 6.07) is 7.47. The van der Waals surface area contributed by atoms with E-state index in [1.165, 1.54) is 29.1 Å². The summed E-state index contributed by atoms with van der Waals surface area (Å²) in [6.45, 7) is 9.03. The van der Waals surface area contributed by atoms with E-state index in [9.17, 15) is 0 Å². The molecule has 1 aliphatic rings. The number of nitrogens with one attached hydrogen (secondary N) is 1. The Hall–Kier alpha value is -0.670. The Bertz CT molecular complexity index is 405. The molecule has 0 amide bonds. The zero-order valence-electron chi connectivity index (χ0n) is 11.9. The molecule has 100 valence electrons. The molecule has 0 aliphatic carbocycles. The van der Waals surface area contributed by atoms with Crippen molar-refractivity contribution in [3.63, 3.8) is 0 Å². The molecule has 0 radical (unpaired) electrons. The van der Waals surface area contributed by atoms with E-state index in [0.29, 0.717) is 6.04 Å². The molecule has 1 aliphatic heterocycles. The van der Waals surface area contributed by atoms with Gasteiger partial charge in [-0.15, -0.1) is 0 Å². The largest absolute Gasteiger partial charge is 0.367 e. The van der Waals surface area contributed by atoms with Gasteiger partial charge in [0.25, 0.3) is 0 Å². The lowest BCUT2D eigenvalue weighted by Gasteiger charge is -2.40. The Kier molecular flexibility index (Phi) is 4.57. The Morgan fingerprint density at radius 3 is 2.83 bits per heavy atom. The molecule has 18 heavy (non-hydrogen) atoms. The summed E-state index contributed by atoms with van der Waals surface area (Å²) in [7, 11) is 1.99.